The number of nitrogens with zero attached hydrogens (tertiary/aromatic N) is 2. The summed E-state index contributed by atoms with van der Waals surface area (Å²) in [6.07, 6.45) is 1.73. The minimum Gasteiger partial charge on any atom is -0.379 e. The Morgan fingerprint density at radius 1 is 1.03 bits per heavy atom. The highest BCUT2D eigenvalue weighted by atomic mass is 32.2. The smallest absolute Gasteiger partial charge is 0.254 e. The number of rotatable bonds is 7. The largest absolute Gasteiger partial charge is 0.379 e. The van der Waals surface area contributed by atoms with Gasteiger partial charge in [0.1, 0.15) is 5.03 Å². The lowest BCUT2D eigenvalue weighted by atomic mass is 10.1. The van der Waals surface area contributed by atoms with Crippen LogP contribution in [-0.4, -0.2) is 42.1 Å². The normalized spacial score (nSPS) is 14.3. The van der Waals surface area contributed by atoms with Gasteiger partial charge in [0.15, 0.2) is 0 Å². The van der Waals surface area contributed by atoms with Gasteiger partial charge in [0, 0.05) is 37.3 Å². The van der Waals surface area contributed by atoms with E-state index in [1.165, 1.54) is 28.5 Å². The van der Waals surface area contributed by atoms with Crippen molar-refractivity contribution >= 4 is 17.7 Å². The fraction of sp³-hybridized carbons (Fsp3) is 0.308. The molecule has 0 spiro atoms. The number of carbonyl (C=O) groups is 1. The van der Waals surface area contributed by atoms with E-state index in [1.807, 2.05) is 18.2 Å². The zero-order valence-electron chi connectivity index (χ0n) is 18.6. The van der Waals surface area contributed by atoms with Crippen LogP contribution in [0, 0.1) is 13.8 Å². The predicted octanol–water partition coefficient (Wildman–Crippen LogP) is 4.61. The van der Waals surface area contributed by atoms with Gasteiger partial charge in [-0.25, -0.2) is 4.98 Å². The Morgan fingerprint density at radius 2 is 1.81 bits per heavy atom. The first-order chi connectivity index (χ1) is 15.6. The molecule has 1 amide bonds. The molecule has 0 aliphatic carbocycles. The summed E-state index contributed by atoms with van der Waals surface area (Å²) in [5, 5.41) is 3.82. The number of benzene rings is 2. The van der Waals surface area contributed by atoms with Gasteiger partial charge in [0.2, 0.25) is 0 Å². The zero-order chi connectivity index (χ0) is 22.3. The third-order valence-corrected chi connectivity index (χ3v) is 6.77. The number of pyridine rings is 1. The van der Waals surface area contributed by atoms with Crippen molar-refractivity contribution in [3.63, 3.8) is 0 Å². The van der Waals surface area contributed by atoms with Crippen molar-refractivity contribution < 1.29 is 9.53 Å². The maximum absolute atomic E-state index is 13.1. The van der Waals surface area contributed by atoms with E-state index in [1.54, 1.807) is 6.20 Å². The highest BCUT2D eigenvalue weighted by Gasteiger charge is 2.16. The van der Waals surface area contributed by atoms with Gasteiger partial charge < -0.3 is 10.1 Å². The van der Waals surface area contributed by atoms with Crippen molar-refractivity contribution in [3.8, 4) is 0 Å². The summed E-state index contributed by atoms with van der Waals surface area (Å²) in [6, 6.07) is 18.3. The van der Waals surface area contributed by atoms with Crippen molar-refractivity contribution in [1.29, 1.82) is 0 Å². The molecule has 5 nitrogen and oxygen atoms in total. The van der Waals surface area contributed by atoms with E-state index in [-0.39, 0.29) is 5.91 Å². The maximum atomic E-state index is 13.1. The number of aromatic nitrogens is 1. The molecule has 1 saturated heterocycles. The molecule has 32 heavy (non-hydrogen) atoms. The number of amides is 1. The maximum Gasteiger partial charge on any atom is 0.254 e. The van der Waals surface area contributed by atoms with Crippen molar-refractivity contribution in [3.05, 3.63) is 88.6 Å². The van der Waals surface area contributed by atoms with Crippen LogP contribution in [0.4, 0.5) is 0 Å². The minimum atomic E-state index is -0.106. The van der Waals surface area contributed by atoms with Crippen LogP contribution >= 0.6 is 11.8 Å². The van der Waals surface area contributed by atoms with E-state index in [4.69, 9.17) is 4.74 Å². The number of hydrogen-bond acceptors (Lipinski definition) is 5. The van der Waals surface area contributed by atoms with Crippen LogP contribution in [0.2, 0.25) is 0 Å². The Hall–Kier alpha value is -2.67. The van der Waals surface area contributed by atoms with Gasteiger partial charge in [-0.05, 0) is 60.4 Å². The first kappa shape index (κ1) is 22.5. The van der Waals surface area contributed by atoms with Crippen LogP contribution in [0.5, 0.6) is 0 Å². The lowest BCUT2D eigenvalue weighted by Crippen LogP contribution is -2.36. The summed E-state index contributed by atoms with van der Waals surface area (Å²) in [4.78, 5) is 21.0. The molecular formula is C26H29N3O2S. The fourth-order valence-corrected chi connectivity index (χ4v) is 4.67. The van der Waals surface area contributed by atoms with Crippen molar-refractivity contribution in [2.75, 3.05) is 26.3 Å². The molecule has 1 aliphatic heterocycles. The van der Waals surface area contributed by atoms with Crippen molar-refractivity contribution in [2.24, 2.45) is 0 Å². The molecule has 0 saturated carbocycles. The molecule has 1 N–H and O–H groups in total. The standard InChI is InChI=1S/C26H29N3O2S/c1-19-9-10-23(16-20(19)2)32-26-24(8-5-11-27-26)25(30)28-17-21-6-3-4-7-22(21)18-29-12-14-31-15-13-29/h3-11,16H,12-15,17-18H2,1-2H3,(H,28,30). The molecule has 4 rings (SSSR count). The first-order valence-corrected chi connectivity index (χ1v) is 11.8. The summed E-state index contributed by atoms with van der Waals surface area (Å²) >= 11 is 1.52. The van der Waals surface area contributed by atoms with E-state index < -0.39 is 0 Å². The first-order valence-electron chi connectivity index (χ1n) is 11.0. The second kappa shape index (κ2) is 10.8. The molecule has 3 aromatic rings. The molecule has 0 atom stereocenters. The SMILES string of the molecule is Cc1ccc(Sc2ncccc2C(=O)NCc2ccccc2CN2CCOCC2)cc1C. The molecule has 1 aliphatic rings. The van der Waals surface area contributed by atoms with Gasteiger partial charge in [-0.3, -0.25) is 9.69 Å². The third-order valence-electron chi connectivity index (χ3n) is 5.76. The van der Waals surface area contributed by atoms with Gasteiger partial charge >= 0.3 is 0 Å². The number of nitrogens with one attached hydrogen (secondary N) is 1. The van der Waals surface area contributed by atoms with E-state index in [0.717, 1.165) is 48.3 Å². The summed E-state index contributed by atoms with van der Waals surface area (Å²) in [5.41, 5.74) is 5.46. The lowest BCUT2D eigenvalue weighted by Gasteiger charge is -2.27. The molecule has 1 fully saturated rings. The molecule has 166 valence electrons. The molecule has 0 radical (unpaired) electrons. The summed E-state index contributed by atoms with van der Waals surface area (Å²) < 4.78 is 5.46. The molecule has 2 aromatic carbocycles. The van der Waals surface area contributed by atoms with Crippen LogP contribution in [0.25, 0.3) is 0 Å². The second-order valence-corrected chi connectivity index (χ2v) is 9.11. The van der Waals surface area contributed by atoms with Crippen LogP contribution in [0.1, 0.15) is 32.6 Å². The molecule has 0 unspecified atom stereocenters. The molecule has 2 heterocycles. The van der Waals surface area contributed by atoms with Crippen LogP contribution in [0.15, 0.2) is 70.7 Å². The van der Waals surface area contributed by atoms with Gasteiger partial charge in [0.05, 0.1) is 18.8 Å². The minimum absolute atomic E-state index is 0.106. The van der Waals surface area contributed by atoms with Crippen molar-refractivity contribution in [2.45, 2.75) is 36.9 Å². The predicted molar refractivity (Wildman–Crippen MR) is 128 cm³/mol. The van der Waals surface area contributed by atoms with E-state index in [9.17, 15) is 4.79 Å². The van der Waals surface area contributed by atoms with Crippen LogP contribution in [-0.2, 0) is 17.8 Å². The number of morpholine rings is 1. The van der Waals surface area contributed by atoms with E-state index in [2.05, 4.69) is 65.4 Å². The van der Waals surface area contributed by atoms with Gasteiger partial charge in [-0.1, -0.05) is 42.1 Å². The molecule has 6 heteroatoms. The quantitative estimate of drug-likeness (QED) is 0.573. The highest BCUT2D eigenvalue weighted by Crippen LogP contribution is 2.30. The summed E-state index contributed by atoms with van der Waals surface area (Å²) in [7, 11) is 0. The van der Waals surface area contributed by atoms with E-state index >= 15 is 0 Å². The molecular weight excluding hydrogens is 418 g/mol. The van der Waals surface area contributed by atoms with Gasteiger partial charge in [0.25, 0.3) is 5.91 Å². The second-order valence-electron chi connectivity index (χ2n) is 8.04. The Balaban J connectivity index is 1.44. The number of carbonyl (C=O) groups excluding carboxylic acids is 1. The molecule has 1 aromatic heterocycles. The average Bonchev–Trinajstić information content (AvgIpc) is 2.82. The van der Waals surface area contributed by atoms with Crippen LogP contribution in [0.3, 0.4) is 0 Å². The summed E-state index contributed by atoms with van der Waals surface area (Å²) in [6.45, 7) is 8.99. The van der Waals surface area contributed by atoms with E-state index in [0.29, 0.717) is 12.1 Å². The highest BCUT2D eigenvalue weighted by molar-refractivity contribution is 7.99. The summed E-state index contributed by atoms with van der Waals surface area (Å²) in [5.74, 6) is -0.106. The Labute approximate surface area is 194 Å². The van der Waals surface area contributed by atoms with Crippen molar-refractivity contribution in [1.82, 2.24) is 15.2 Å². The Morgan fingerprint density at radius 3 is 2.59 bits per heavy atom. The topological polar surface area (TPSA) is 54.5 Å². The third kappa shape index (κ3) is 5.76. The Bertz CT molecular complexity index is 1080. The van der Waals surface area contributed by atoms with Crippen LogP contribution < -0.4 is 5.32 Å². The number of hydrogen-bond donors (Lipinski definition) is 1. The van der Waals surface area contributed by atoms with Gasteiger partial charge in [-0.2, -0.15) is 0 Å². The van der Waals surface area contributed by atoms with Gasteiger partial charge in [-0.15, -0.1) is 0 Å². The Kier molecular flexibility index (Phi) is 7.58. The lowest BCUT2D eigenvalue weighted by molar-refractivity contribution is 0.0340. The zero-order valence-corrected chi connectivity index (χ0v) is 19.5. The monoisotopic (exact) mass is 447 g/mol. The number of aryl methyl sites for hydroxylation is 2. The number of ether oxygens (including phenoxy) is 1. The fourth-order valence-electron chi connectivity index (χ4n) is 3.69. The molecule has 0 bridgehead atoms. The average molecular weight is 448 g/mol.